The normalized spacial score (nSPS) is 11.4. The average molecular weight is 279 g/mol. The summed E-state index contributed by atoms with van der Waals surface area (Å²) in [6, 6.07) is 13.4. The fourth-order valence-corrected chi connectivity index (χ4v) is 2.72. The molecule has 0 aliphatic carbocycles. The van der Waals surface area contributed by atoms with E-state index in [1.165, 1.54) is 27.5 Å². The van der Waals surface area contributed by atoms with Crippen LogP contribution in [0.2, 0.25) is 0 Å². The molecule has 3 aromatic rings. The maximum Gasteiger partial charge on any atom is 0.0568 e. The second-order valence-corrected chi connectivity index (χ2v) is 5.65. The molecule has 108 valence electrons. The van der Waals surface area contributed by atoms with Gasteiger partial charge >= 0.3 is 0 Å². The standard InChI is InChI=1S/C18H21N3/c1-13(2)21-12-15(11-20-21)17-9-8-14(10-19-3)16-6-4-5-7-18(16)17/h4-9,11-13,19H,10H2,1-3H3. The van der Waals surface area contributed by atoms with E-state index in [-0.39, 0.29) is 0 Å². The average Bonchev–Trinajstić information content (AvgIpc) is 2.98. The molecule has 0 atom stereocenters. The van der Waals surface area contributed by atoms with Crippen LogP contribution >= 0.6 is 0 Å². The maximum absolute atomic E-state index is 4.46. The molecule has 21 heavy (non-hydrogen) atoms. The monoisotopic (exact) mass is 279 g/mol. The van der Waals surface area contributed by atoms with Crippen molar-refractivity contribution in [3.63, 3.8) is 0 Å². The highest BCUT2D eigenvalue weighted by Gasteiger charge is 2.09. The molecule has 0 aliphatic rings. The van der Waals surface area contributed by atoms with Gasteiger partial charge in [0.05, 0.1) is 6.20 Å². The molecule has 1 aromatic heterocycles. The van der Waals surface area contributed by atoms with Crippen LogP contribution in [-0.4, -0.2) is 16.8 Å². The molecular formula is C18H21N3. The molecule has 1 N–H and O–H groups in total. The number of fused-ring (bicyclic) bond motifs is 1. The zero-order valence-corrected chi connectivity index (χ0v) is 12.8. The number of nitrogens with one attached hydrogen (secondary N) is 1. The summed E-state index contributed by atoms with van der Waals surface area (Å²) in [4.78, 5) is 0. The first-order chi connectivity index (χ1) is 10.2. The van der Waals surface area contributed by atoms with Gasteiger partial charge in [0.2, 0.25) is 0 Å². The van der Waals surface area contributed by atoms with Crippen LogP contribution in [0.5, 0.6) is 0 Å². The van der Waals surface area contributed by atoms with Gasteiger partial charge in [-0.2, -0.15) is 5.10 Å². The van der Waals surface area contributed by atoms with Crippen molar-refractivity contribution in [2.24, 2.45) is 0 Å². The van der Waals surface area contributed by atoms with Crippen molar-refractivity contribution in [1.82, 2.24) is 15.1 Å². The Hall–Kier alpha value is -2.13. The van der Waals surface area contributed by atoms with Gasteiger partial charge in [-0.3, -0.25) is 4.68 Å². The van der Waals surface area contributed by atoms with Gasteiger partial charge in [-0.15, -0.1) is 0 Å². The Balaban J connectivity index is 2.16. The summed E-state index contributed by atoms with van der Waals surface area (Å²) in [5.41, 5.74) is 3.75. The zero-order valence-electron chi connectivity index (χ0n) is 12.8. The first-order valence-corrected chi connectivity index (χ1v) is 7.40. The molecule has 0 amide bonds. The van der Waals surface area contributed by atoms with Crippen molar-refractivity contribution in [3.8, 4) is 11.1 Å². The van der Waals surface area contributed by atoms with E-state index in [2.05, 4.69) is 66.9 Å². The van der Waals surface area contributed by atoms with Gasteiger partial charge in [-0.25, -0.2) is 0 Å². The van der Waals surface area contributed by atoms with E-state index in [0.29, 0.717) is 6.04 Å². The lowest BCUT2D eigenvalue weighted by molar-refractivity contribution is 0.532. The van der Waals surface area contributed by atoms with Crippen molar-refractivity contribution in [3.05, 3.63) is 54.4 Å². The van der Waals surface area contributed by atoms with E-state index in [4.69, 9.17) is 0 Å². The smallest absolute Gasteiger partial charge is 0.0568 e. The third-order valence-electron chi connectivity index (χ3n) is 3.82. The van der Waals surface area contributed by atoms with Crippen LogP contribution in [0.1, 0.15) is 25.5 Å². The van der Waals surface area contributed by atoms with Crippen LogP contribution in [0.15, 0.2) is 48.8 Å². The number of benzene rings is 2. The third kappa shape index (κ3) is 2.57. The van der Waals surface area contributed by atoms with E-state index < -0.39 is 0 Å². The second kappa shape index (κ2) is 5.70. The lowest BCUT2D eigenvalue weighted by Gasteiger charge is -2.10. The summed E-state index contributed by atoms with van der Waals surface area (Å²) in [7, 11) is 1.98. The van der Waals surface area contributed by atoms with E-state index in [9.17, 15) is 0 Å². The van der Waals surface area contributed by atoms with Gasteiger partial charge in [0, 0.05) is 24.3 Å². The van der Waals surface area contributed by atoms with Crippen LogP contribution in [0.4, 0.5) is 0 Å². The number of rotatable bonds is 4. The topological polar surface area (TPSA) is 29.9 Å². The van der Waals surface area contributed by atoms with Crippen molar-refractivity contribution in [1.29, 1.82) is 0 Å². The van der Waals surface area contributed by atoms with E-state index >= 15 is 0 Å². The van der Waals surface area contributed by atoms with Crippen LogP contribution < -0.4 is 5.32 Å². The Morgan fingerprint density at radius 3 is 2.52 bits per heavy atom. The largest absolute Gasteiger partial charge is 0.316 e. The number of nitrogens with zero attached hydrogens (tertiary/aromatic N) is 2. The van der Waals surface area contributed by atoms with Crippen molar-refractivity contribution >= 4 is 10.8 Å². The first kappa shape index (κ1) is 13.8. The molecule has 2 aromatic carbocycles. The minimum atomic E-state index is 0.383. The molecule has 0 radical (unpaired) electrons. The van der Waals surface area contributed by atoms with Crippen molar-refractivity contribution in [2.75, 3.05) is 7.05 Å². The molecule has 0 saturated carbocycles. The minimum absolute atomic E-state index is 0.383. The second-order valence-electron chi connectivity index (χ2n) is 5.65. The Morgan fingerprint density at radius 1 is 1.10 bits per heavy atom. The van der Waals surface area contributed by atoms with Crippen LogP contribution in [0.3, 0.4) is 0 Å². The number of hydrogen-bond acceptors (Lipinski definition) is 2. The lowest BCUT2D eigenvalue weighted by Crippen LogP contribution is -2.05. The quantitative estimate of drug-likeness (QED) is 0.782. The minimum Gasteiger partial charge on any atom is -0.316 e. The Morgan fingerprint density at radius 2 is 1.86 bits per heavy atom. The highest BCUT2D eigenvalue weighted by atomic mass is 15.3. The fraction of sp³-hybridized carbons (Fsp3) is 0.278. The molecule has 0 aliphatic heterocycles. The van der Waals surface area contributed by atoms with Crippen LogP contribution in [-0.2, 0) is 6.54 Å². The SMILES string of the molecule is CNCc1ccc(-c2cnn(C(C)C)c2)c2ccccc12. The predicted molar refractivity (Wildman–Crippen MR) is 88.3 cm³/mol. The predicted octanol–water partition coefficient (Wildman–Crippen LogP) is 4.00. The molecular weight excluding hydrogens is 258 g/mol. The Labute approximate surface area is 125 Å². The molecule has 3 rings (SSSR count). The summed E-state index contributed by atoms with van der Waals surface area (Å²) in [6.07, 6.45) is 4.09. The number of hydrogen-bond donors (Lipinski definition) is 1. The molecule has 0 fully saturated rings. The molecule has 3 nitrogen and oxygen atoms in total. The highest BCUT2D eigenvalue weighted by Crippen LogP contribution is 2.31. The van der Waals surface area contributed by atoms with Gasteiger partial charge in [0.25, 0.3) is 0 Å². The highest BCUT2D eigenvalue weighted by molar-refractivity contribution is 5.98. The summed E-state index contributed by atoms with van der Waals surface area (Å²) in [6.45, 7) is 5.17. The van der Waals surface area contributed by atoms with Gasteiger partial charge in [-0.05, 0) is 42.8 Å². The molecule has 0 bridgehead atoms. The summed E-state index contributed by atoms with van der Waals surface area (Å²) < 4.78 is 2.01. The summed E-state index contributed by atoms with van der Waals surface area (Å²) >= 11 is 0. The third-order valence-corrected chi connectivity index (χ3v) is 3.82. The molecule has 3 heteroatoms. The van der Waals surface area contributed by atoms with Gasteiger partial charge < -0.3 is 5.32 Å². The molecule has 0 spiro atoms. The summed E-state index contributed by atoms with van der Waals surface area (Å²) in [5.74, 6) is 0. The first-order valence-electron chi connectivity index (χ1n) is 7.40. The molecule has 0 unspecified atom stereocenters. The van der Waals surface area contributed by atoms with E-state index in [1.807, 2.05) is 17.9 Å². The van der Waals surface area contributed by atoms with Crippen molar-refractivity contribution < 1.29 is 0 Å². The zero-order chi connectivity index (χ0) is 14.8. The Bertz CT molecular complexity index is 756. The van der Waals surface area contributed by atoms with Crippen molar-refractivity contribution in [2.45, 2.75) is 26.4 Å². The van der Waals surface area contributed by atoms with Gasteiger partial charge in [-0.1, -0.05) is 36.4 Å². The van der Waals surface area contributed by atoms with Gasteiger partial charge in [0.1, 0.15) is 0 Å². The summed E-state index contributed by atoms with van der Waals surface area (Å²) in [5, 5.41) is 10.3. The van der Waals surface area contributed by atoms with E-state index in [0.717, 1.165) is 6.54 Å². The van der Waals surface area contributed by atoms with Crippen LogP contribution in [0.25, 0.3) is 21.9 Å². The van der Waals surface area contributed by atoms with Crippen LogP contribution in [0, 0.1) is 0 Å². The number of aromatic nitrogens is 2. The Kier molecular flexibility index (Phi) is 3.76. The lowest BCUT2D eigenvalue weighted by atomic mass is 9.96. The molecule has 0 saturated heterocycles. The fourth-order valence-electron chi connectivity index (χ4n) is 2.72. The maximum atomic E-state index is 4.46. The van der Waals surface area contributed by atoms with E-state index in [1.54, 1.807) is 0 Å². The van der Waals surface area contributed by atoms with Gasteiger partial charge in [0.15, 0.2) is 0 Å². The molecule has 1 heterocycles.